The van der Waals surface area contributed by atoms with Gasteiger partial charge in [0.15, 0.2) is 5.69 Å². The molecule has 5 heteroatoms. The highest BCUT2D eigenvalue weighted by Crippen LogP contribution is 2.14. The minimum absolute atomic E-state index is 0.0287. The highest BCUT2D eigenvalue weighted by molar-refractivity contribution is 5.93. The van der Waals surface area contributed by atoms with E-state index in [2.05, 4.69) is 4.98 Å². The number of nitrogens with zero attached hydrogens (tertiary/aromatic N) is 2. The third kappa shape index (κ3) is 1.46. The molecule has 2 aromatic rings. The lowest BCUT2D eigenvalue weighted by Gasteiger charge is -1.98. The zero-order valence-electron chi connectivity index (χ0n) is 8.14. The van der Waals surface area contributed by atoms with Crippen LogP contribution in [0.1, 0.15) is 21.9 Å². The van der Waals surface area contributed by atoms with Gasteiger partial charge in [-0.3, -0.25) is 0 Å². The van der Waals surface area contributed by atoms with Crippen LogP contribution in [0.15, 0.2) is 18.3 Å². The van der Waals surface area contributed by atoms with Crippen molar-refractivity contribution in [2.24, 2.45) is 0 Å². The SMILES string of the molecule is Cc1ccc2c(C(=O)O)nc(CO)n2c1. The number of aromatic nitrogens is 2. The van der Waals surface area contributed by atoms with Crippen molar-refractivity contribution in [3.63, 3.8) is 0 Å². The van der Waals surface area contributed by atoms with Crippen LogP contribution in [0.4, 0.5) is 0 Å². The summed E-state index contributed by atoms with van der Waals surface area (Å²) < 4.78 is 1.60. The fourth-order valence-electron chi connectivity index (χ4n) is 1.52. The maximum atomic E-state index is 10.9. The lowest BCUT2D eigenvalue weighted by atomic mass is 10.2. The van der Waals surface area contributed by atoms with Gasteiger partial charge in [-0.05, 0) is 18.6 Å². The van der Waals surface area contributed by atoms with Gasteiger partial charge in [0.05, 0.1) is 5.52 Å². The van der Waals surface area contributed by atoms with E-state index in [1.54, 1.807) is 16.7 Å². The average Bonchev–Trinajstić information content (AvgIpc) is 2.55. The van der Waals surface area contributed by atoms with E-state index in [1.165, 1.54) is 0 Å². The van der Waals surface area contributed by atoms with E-state index in [0.29, 0.717) is 11.3 Å². The van der Waals surface area contributed by atoms with Crippen LogP contribution in [0.3, 0.4) is 0 Å². The molecular formula is C10H10N2O3. The minimum atomic E-state index is -1.09. The molecule has 0 amide bonds. The van der Waals surface area contributed by atoms with Crippen molar-refractivity contribution in [1.82, 2.24) is 9.38 Å². The van der Waals surface area contributed by atoms with Crippen LogP contribution in [0.5, 0.6) is 0 Å². The van der Waals surface area contributed by atoms with E-state index >= 15 is 0 Å². The molecule has 5 nitrogen and oxygen atoms in total. The van der Waals surface area contributed by atoms with Gasteiger partial charge in [0, 0.05) is 6.20 Å². The number of aryl methyl sites for hydroxylation is 1. The van der Waals surface area contributed by atoms with Crippen molar-refractivity contribution in [2.75, 3.05) is 0 Å². The van der Waals surface area contributed by atoms with E-state index in [0.717, 1.165) is 5.56 Å². The Bertz CT molecular complexity index is 531. The summed E-state index contributed by atoms with van der Waals surface area (Å²) >= 11 is 0. The first-order chi connectivity index (χ1) is 7.13. The summed E-state index contributed by atoms with van der Waals surface area (Å²) in [6.07, 6.45) is 1.75. The van der Waals surface area contributed by atoms with Crippen LogP contribution >= 0.6 is 0 Å². The van der Waals surface area contributed by atoms with Gasteiger partial charge in [-0.15, -0.1) is 0 Å². The van der Waals surface area contributed by atoms with Crippen molar-refractivity contribution < 1.29 is 15.0 Å². The number of imidazole rings is 1. The standard InChI is InChI=1S/C10H10N2O3/c1-6-2-3-7-9(10(14)15)11-8(5-13)12(7)4-6/h2-4,13H,5H2,1H3,(H,14,15). The lowest BCUT2D eigenvalue weighted by molar-refractivity contribution is 0.0693. The third-order valence-corrected chi connectivity index (χ3v) is 2.20. The average molecular weight is 206 g/mol. The van der Waals surface area contributed by atoms with Crippen LogP contribution in [0, 0.1) is 6.92 Å². The van der Waals surface area contributed by atoms with E-state index in [1.807, 2.05) is 13.0 Å². The van der Waals surface area contributed by atoms with Crippen molar-refractivity contribution >= 4 is 11.5 Å². The molecule has 2 rings (SSSR count). The second-order valence-electron chi connectivity index (χ2n) is 3.30. The zero-order valence-corrected chi connectivity index (χ0v) is 8.14. The molecule has 0 saturated heterocycles. The Balaban J connectivity index is 2.81. The van der Waals surface area contributed by atoms with Crippen molar-refractivity contribution in [3.8, 4) is 0 Å². The maximum Gasteiger partial charge on any atom is 0.356 e. The number of rotatable bonds is 2. The predicted molar refractivity (Wildman–Crippen MR) is 52.8 cm³/mol. The maximum absolute atomic E-state index is 10.9. The Hall–Kier alpha value is -1.88. The molecule has 0 radical (unpaired) electrons. The first-order valence-corrected chi connectivity index (χ1v) is 4.45. The molecule has 0 fully saturated rings. The highest BCUT2D eigenvalue weighted by atomic mass is 16.4. The number of carboxylic acids is 1. The monoisotopic (exact) mass is 206 g/mol. The molecule has 0 unspecified atom stereocenters. The molecule has 2 aromatic heterocycles. The number of aliphatic hydroxyl groups excluding tert-OH is 1. The van der Waals surface area contributed by atoms with E-state index in [-0.39, 0.29) is 12.3 Å². The number of hydrogen-bond acceptors (Lipinski definition) is 3. The molecule has 0 bridgehead atoms. The quantitative estimate of drug-likeness (QED) is 0.763. The first kappa shape index (κ1) is 9.67. The van der Waals surface area contributed by atoms with Crippen LogP contribution in [-0.4, -0.2) is 25.6 Å². The third-order valence-electron chi connectivity index (χ3n) is 2.20. The second kappa shape index (κ2) is 3.36. The fourth-order valence-corrected chi connectivity index (χ4v) is 1.52. The smallest absolute Gasteiger partial charge is 0.356 e. The Morgan fingerprint density at radius 2 is 2.27 bits per heavy atom. The normalized spacial score (nSPS) is 10.8. The molecular weight excluding hydrogens is 196 g/mol. The highest BCUT2D eigenvalue weighted by Gasteiger charge is 2.15. The summed E-state index contributed by atoms with van der Waals surface area (Å²) in [6.45, 7) is 1.61. The molecule has 0 spiro atoms. The van der Waals surface area contributed by atoms with Crippen LogP contribution in [0.2, 0.25) is 0 Å². The predicted octanol–water partition coefficient (Wildman–Crippen LogP) is 0.833. The number of hydrogen-bond donors (Lipinski definition) is 2. The topological polar surface area (TPSA) is 74.8 Å². The second-order valence-corrected chi connectivity index (χ2v) is 3.30. The van der Waals surface area contributed by atoms with Crippen molar-refractivity contribution in [2.45, 2.75) is 13.5 Å². The molecule has 0 aliphatic carbocycles. The summed E-state index contributed by atoms with van der Waals surface area (Å²) in [6, 6.07) is 3.50. The Kier molecular flexibility index (Phi) is 2.17. The van der Waals surface area contributed by atoms with E-state index < -0.39 is 5.97 Å². The minimum Gasteiger partial charge on any atom is -0.476 e. The van der Waals surface area contributed by atoms with Gasteiger partial charge in [0.1, 0.15) is 12.4 Å². The molecule has 0 aliphatic heterocycles. The van der Waals surface area contributed by atoms with Gasteiger partial charge in [0.2, 0.25) is 0 Å². The number of pyridine rings is 1. The molecule has 0 aromatic carbocycles. The first-order valence-electron chi connectivity index (χ1n) is 4.45. The number of fused-ring (bicyclic) bond motifs is 1. The summed E-state index contributed by atoms with van der Waals surface area (Å²) in [4.78, 5) is 14.7. The molecule has 0 aliphatic rings. The number of carboxylic acid groups (broad SMARTS) is 1. The summed E-state index contributed by atoms with van der Waals surface area (Å²) in [5.74, 6) is -0.748. The summed E-state index contributed by atoms with van der Waals surface area (Å²) in [7, 11) is 0. The Labute approximate surface area is 85.6 Å². The van der Waals surface area contributed by atoms with E-state index in [4.69, 9.17) is 10.2 Å². The Morgan fingerprint density at radius 1 is 1.53 bits per heavy atom. The molecule has 0 atom stereocenters. The molecule has 78 valence electrons. The number of aromatic carboxylic acids is 1. The summed E-state index contributed by atoms with van der Waals surface area (Å²) in [5, 5.41) is 17.9. The van der Waals surface area contributed by atoms with Gasteiger partial charge in [0.25, 0.3) is 0 Å². The van der Waals surface area contributed by atoms with Gasteiger partial charge in [-0.25, -0.2) is 9.78 Å². The summed E-state index contributed by atoms with van der Waals surface area (Å²) in [5.41, 5.74) is 1.45. The largest absolute Gasteiger partial charge is 0.476 e. The molecule has 0 saturated carbocycles. The zero-order chi connectivity index (χ0) is 11.0. The molecule has 2 N–H and O–H groups in total. The van der Waals surface area contributed by atoms with Crippen LogP contribution in [0.25, 0.3) is 5.52 Å². The van der Waals surface area contributed by atoms with Crippen molar-refractivity contribution in [3.05, 3.63) is 35.4 Å². The lowest BCUT2D eigenvalue weighted by Crippen LogP contribution is -1.97. The van der Waals surface area contributed by atoms with Crippen LogP contribution in [-0.2, 0) is 6.61 Å². The van der Waals surface area contributed by atoms with E-state index in [9.17, 15) is 4.79 Å². The van der Waals surface area contributed by atoms with Gasteiger partial charge >= 0.3 is 5.97 Å². The van der Waals surface area contributed by atoms with Crippen molar-refractivity contribution in [1.29, 1.82) is 0 Å². The van der Waals surface area contributed by atoms with Gasteiger partial charge in [-0.2, -0.15) is 0 Å². The molecule has 2 heterocycles. The van der Waals surface area contributed by atoms with Gasteiger partial charge in [-0.1, -0.05) is 6.07 Å². The molecule has 15 heavy (non-hydrogen) atoms. The number of carbonyl (C=O) groups is 1. The fraction of sp³-hybridized carbons (Fsp3) is 0.200. The number of aliphatic hydroxyl groups is 1. The van der Waals surface area contributed by atoms with Gasteiger partial charge < -0.3 is 14.6 Å². The Morgan fingerprint density at radius 3 is 2.87 bits per heavy atom. The van der Waals surface area contributed by atoms with Crippen LogP contribution < -0.4 is 0 Å².